The van der Waals surface area contributed by atoms with Gasteiger partial charge in [-0.25, -0.2) is 13.6 Å². The van der Waals surface area contributed by atoms with Gasteiger partial charge in [-0.1, -0.05) is 18.2 Å². The van der Waals surface area contributed by atoms with Crippen LogP contribution in [0, 0.1) is 11.6 Å². The van der Waals surface area contributed by atoms with Crippen molar-refractivity contribution in [3.05, 3.63) is 83.8 Å². The fourth-order valence-electron chi connectivity index (χ4n) is 2.33. The van der Waals surface area contributed by atoms with Crippen LogP contribution in [0.4, 0.5) is 14.5 Å². The van der Waals surface area contributed by atoms with Gasteiger partial charge in [-0.05, 0) is 43.3 Å². The smallest absolute Gasteiger partial charge is 0.375 e. The Morgan fingerprint density at radius 1 is 1.03 bits per heavy atom. The molecule has 1 heterocycles. The first-order valence-corrected chi connectivity index (χ1v) is 8.66. The first-order chi connectivity index (χ1) is 13.9. The third-order valence-corrected chi connectivity index (χ3v) is 3.83. The topological polar surface area (TPSA) is 77.8 Å². The molecule has 3 aromatic rings. The predicted octanol–water partition coefficient (Wildman–Crippen LogP) is 4.32. The molecule has 1 atom stereocenters. The molecule has 0 unspecified atom stereocenters. The first-order valence-electron chi connectivity index (χ1n) is 8.66. The summed E-state index contributed by atoms with van der Waals surface area (Å²) in [6.07, 6.45) is -1.19. The average molecular weight is 401 g/mol. The SMILES string of the molecule is C[C@@H](OC(=O)c1ccc(COc2ccccc2)o1)C(=O)Nc1ccc(F)c(F)c1. The molecule has 29 heavy (non-hydrogen) atoms. The van der Waals surface area contributed by atoms with E-state index in [1.165, 1.54) is 19.1 Å². The third-order valence-electron chi connectivity index (χ3n) is 3.83. The molecule has 8 heteroatoms. The van der Waals surface area contributed by atoms with E-state index in [4.69, 9.17) is 13.9 Å². The first kappa shape index (κ1) is 20.1. The van der Waals surface area contributed by atoms with E-state index in [1.807, 2.05) is 18.2 Å². The van der Waals surface area contributed by atoms with Crippen LogP contribution in [0.5, 0.6) is 5.75 Å². The molecule has 1 N–H and O–H groups in total. The molecule has 0 aliphatic rings. The van der Waals surface area contributed by atoms with Crippen molar-refractivity contribution in [3.63, 3.8) is 0 Å². The number of benzene rings is 2. The van der Waals surface area contributed by atoms with E-state index < -0.39 is 29.6 Å². The van der Waals surface area contributed by atoms with Crippen LogP contribution in [0.25, 0.3) is 0 Å². The molecule has 0 saturated carbocycles. The number of ether oxygens (including phenoxy) is 2. The van der Waals surface area contributed by atoms with Crippen molar-refractivity contribution >= 4 is 17.6 Å². The highest BCUT2D eigenvalue weighted by Crippen LogP contribution is 2.16. The normalized spacial score (nSPS) is 11.6. The number of anilines is 1. The maximum atomic E-state index is 13.2. The summed E-state index contributed by atoms with van der Waals surface area (Å²) in [7, 11) is 0. The number of hydrogen-bond acceptors (Lipinski definition) is 5. The van der Waals surface area contributed by atoms with E-state index >= 15 is 0 Å². The molecule has 0 spiro atoms. The maximum absolute atomic E-state index is 13.2. The van der Waals surface area contributed by atoms with Crippen LogP contribution < -0.4 is 10.1 Å². The Balaban J connectivity index is 1.53. The van der Waals surface area contributed by atoms with Gasteiger partial charge < -0.3 is 19.2 Å². The number of furan rings is 1. The Morgan fingerprint density at radius 2 is 1.79 bits per heavy atom. The van der Waals surface area contributed by atoms with Crippen LogP contribution in [-0.2, 0) is 16.1 Å². The van der Waals surface area contributed by atoms with Crippen LogP contribution in [-0.4, -0.2) is 18.0 Å². The van der Waals surface area contributed by atoms with Gasteiger partial charge in [0.2, 0.25) is 5.76 Å². The van der Waals surface area contributed by atoms with Gasteiger partial charge in [0.05, 0.1) is 0 Å². The Hall–Kier alpha value is -3.68. The van der Waals surface area contributed by atoms with Crippen molar-refractivity contribution in [2.24, 2.45) is 0 Å². The number of carbonyl (C=O) groups excluding carboxylic acids is 2. The lowest BCUT2D eigenvalue weighted by atomic mass is 10.2. The Labute approximate surface area is 165 Å². The second kappa shape index (κ2) is 9.01. The van der Waals surface area contributed by atoms with Crippen molar-refractivity contribution in [2.75, 3.05) is 5.32 Å². The van der Waals surface area contributed by atoms with Crippen LogP contribution in [0.2, 0.25) is 0 Å². The van der Waals surface area contributed by atoms with Crippen molar-refractivity contribution in [1.82, 2.24) is 0 Å². The summed E-state index contributed by atoms with van der Waals surface area (Å²) in [6.45, 7) is 1.46. The minimum Gasteiger partial charge on any atom is -0.486 e. The molecule has 2 aromatic carbocycles. The summed E-state index contributed by atoms with van der Waals surface area (Å²) in [5.74, 6) is -2.73. The molecular formula is C21H17F2NO5. The minimum atomic E-state index is -1.19. The minimum absolute atomic E-state index is 0.0372. The largest absolute Gasteiger partial charge is 0.486 e. The zero-order chi connectivity index (χ0) is 20.8. The monoisotopic (exact) mass is 401 g/mol. The number of amides is 1. The van der Waals surface area contributed by atoms with Crippen molar-refractivity contribution in [1.29, 1.82) is 0 Å². The molecular weight excluding hydrogens is 384 g/mol. The molecule has 3 rings (SSSR count). The average Bonchev–Trinajstić information content (AvgIpc) is 3.19. The van der Waals surface area contributed by atoms with Gasteiger partial charge in [0.15, 0.2) is 17.7 Å². The van der Waals surface area contributed by atoms with Gasteiger partial charge in [-0.15, -0.1) is 0 Å². The number of rotatable bonds is 7. The molecule has 0 saturated heterocycles. The van der Waals surface area contributed by atoms with E-state index in [0.717, 1.165) is 12.1 Å². The molecule has 150 valence electrons. The highest BCUT2D eigenvalue weighted by Gasteiger charge is 2.21. The Bertz CT molecular complexity index is 1000. The fraction of sp³-hybridized carbons (Fsp3) is 0.143. The van der Waals surface area contributed by atoms with Crippen LogP contribution >= 0.6 is 0 Å². The van der Waals surface area contributed by atoms with E-state index in [-0.39, 0.29) is 18.1 Å². The Kier molecular flexibility index (Phi) is 6.23. The summed E-state index contributed by atoms with van der Waals surface area (Å²) in [6, 6.07) is 14.9. The van der Waals surface area contributed by atoms with Crippen molar-refractivity contribution < 1.29 is 32.3 Å². The standard InChI is InChI=1S/C21H17F2NO5/c1-13(20(25)24-14-7-9-17(22)18(23)11-14)28-21(26)19-10-8-16(29-19)12-27-15-5-3-2-4-6-15/h2-11,13H,12H2,1H3,(H,24,25)/t13-/m1/s1. The van der Waals surface area contributed by atoms with E-state index in [0.29, 0.717) is 11.5 Å². The van der Waals surface area contributed by atoms with Crippen molar-refractivity contribution in [2.45, 2.75) is 19.6 Å². The van der Waals surface area contributed by atoms with E-state index in [2.05, 4.69) is 5.32 Å². The van der Waals surface area contributed by atoms with Crippen LogP contribution in [0.3, 0.4) is 0 Å². The summed E-state index contributed by atoms with van der Waals surface area (Å²) in [5.41, 5.74) is 0.0372. The third kappa shape index (κ3) is 5.41. The van der Waals surface area contributed by atoms with E-state index in [9.17, 15) is 18.4 Å². The van der Waals surface area contributed by atoms with Gasteiger partial charge in [0, 0.05) is 11.8 Å². The zero-order valence-electron chi connectivity index (χ0n) is 15.4. The second-order valence-corrected chi connectivity index (χ2v) is 6.03. The number of carbonyl (C=O) groups is 2. The quantitative estimate of drug-likeness (QED) is 0.597. The van der Waals surface area contributed by atoms with Gasteiger partial charge >= 0.3 is 5.97 Å². The number of para-hydroxylation sites is 1. The lowest BCUT2D eigenvalue weighted by Gasteiger charge is -2.12. The molecule has 0 radical (unpaired) electrons. The summed E-state index contributed by atoms with van der Waals surface area (Å²) in [5, 5.41) is 2.34. The zero-order valence-corrected chi connectivity index (χ0v) is 15.4. The lowest BCUT2D eigenvalue weighted by Crippen LogP contribution is -2.30. The summed E-state index contributed by atoms with van der Waals surface area (Å²) >= 11 is 0. The van der Waals surface area contributed by atoms with Crippen LogP contribution in [0.1, 0.15) is 23.2 Å². The number of esters is 1. The molecule has 0 fully saturated rings. The maximum Gasteiger partial charge on any atom is 0.375 e. The lowest BCUT2D eigenvalue weighted by molar-refractivity contribution is -0.123. The van der Waals surface area contributed by atoms with Gasteiger partial charge in [0.25, 0.3) is 5.91 Å². The number of hydrogen-bond donors (Lipinski definition) is 1. The van der Waals surface area contributed by atoms with Gasteiger partial charge in [-0.3, -0.25) is 4.79 Å². The number of halogens is 2. The highest BCUT2D eigenvalue weighted by atomic mass is 19.2. The van der Waals surface area contributed by atoms with Crippen molar-refractivity contribution in [3.8, 4) is 5.75 Å². The molecule has 1 aromatic heterocycles. The second-order valence-electron chi connectivity index (χ2n) is 6.03. The summed E-state index contributed by atoms with van der Waals surface area (Å²) in [4.78, 5) is 24.2. The molecule has 1 amide bonds. The molecule has 0 aliphatic carbocycles. The summed E-state index contributed by atoms with van der Waals surface area (Å²) < 4.78 is 42.1. The van der Waals surface area contributed by atoms with Gasteiger partial charge in [0.1, 0.15) is 18.1 Å². The predicted molar refractivity (Wildman–Crippen MR) is 99.3 cm³/mol. The molecule has 0 aliphatic heterocycles. The van der Waals surface area contributed by atoms with Gasteiger partial charge in [-0.2, -0.15) is 0 Å². The number of nitrogens with one attached hydrogen (secondary N) is 1. The van der Waals surface area contributed by atoms with E-state index in [1.54, 1.807) is 18.2 Å². The fourth-order valence-corrected chi connectivity index (χ4v) is 2.33. The molecule has 6 nitrogen and oxygen atoms in total. The Morgan fingerprint density at radius 3 is 2.52 bits per heavy atom. The molecule has 0 bridgehead atoms. The highest BCUT2D eigenvalue weighted by molar-refractivity contribution is 5.96. The van der Waals surface area contributed by atoms with Crippen LogP contribution in [0.15, 0.2) is 65.1 Å².